The van der Waals surface area contributed by atoms with Crippen molar-refractivity contribution in [1.82, 2.24) is 10.6 Å². The van der Waals surface area contributed by atoms with Crippen molar-refractivity contribution in [3.63, 3.8) is 0 Å². The lowest BCUT2D eigenvalue weighted by Gasteiger charge is -2.25. The second-order valence-corrected chi connectivity index (χ2v) is 6.25. The van der Waals surface area contributed by atoms with Crippen LogP contribution in [-0.4, -0.2) is 37.6 Å². The second kappa shape index (κ2) is 12.1. The van der Waals surface area contributed by atoms with Gasteiger partial charge in [0, 0.05) is 25.4 Å². The molecule has 1 rings (SSSR count). The van der Waals surface area contributed by atoms with E-state index >= 15 is 0 Å². The molecule has 0 unspecified atom stereocenters. The van der Waals surface area contributed by atoms with Crippen molar-refractivity contribution in [3.8, 4) is 0 Å². The number of hydrogen-bond acceptors (Lipinski definition) is 2. The van der Waals surface area contributed by atoms with Crippen molar-refractivity contribution in [2.75, 3.05) is 31.6 Å². The molecule has 0 saturated heterocycles. The number of halogens is 1. The molecule has 0 spiro atoms. The van der Waals surface area contributed by atoms with E-state index in [9.17, 15) is 0 Å². The van der Waals surface area contributed by atoms with Crippen LogP contribution in [0, 0.1) is 11.8 Å². The lowest BCUT2D eigenvalue weighted by molar-refractivity contribution is 0.296. The van der Waals surface area contributed by atoms with Crippen molar-refractivity contribution in [2.45, 2.75) is 39.5 Å². The van der Waals surface area contributed by atoms with Crippen LogP contribution < -0.4 is 10.6 Å². The van der Waals surface area contributed by atoms with Crippen LogP contribution in [0.4, 0.5) is 0 Å². The molecule has 0 atom stereocenters. The molecule has 3 nitrogen and oxygen atoms in total. The summed E-state index contributed by atoms with van der Waals surface area (Å²) in [6.07, 6.45) is 7.62. The van der Waals surface area contributed by atoms with Crippen LogP contribution in [0.5, 0.6) is 0 Å². The quantitative estimate of drug-likeness (QED) is 0.311. The van der Waals surface area contributed by atoms with E-state index in [1.54, 1.807) is 0 Å². The van der Waals surface area contributed by atoms with Crippen LogP contribution in [0.1, 0.15) is 39.5 Å². The van der Waals surface area contributed by atoms with E-state index in [0.29, 0.717) is 0 Å². The van der Waals surface area contributed by atoms with Gasteiger partial charge >= 0.3 is 0 Å². The van der Waals surface area contributed by atoms with E-state index in [2.05, 4.69) is 30.7 Å². The van der Waals surface area contributed by atoms with Gasteiger partial charge in [0.05, 0.1) is 0 Å². The van der Waals surface area contributed by atoms with E-state index in [0.717, 1.165) is 43.2 Å². The lowest BCUT2D eigenvalue weighted by Crippen LogP contribution is -2.38. The molecule has 1 saturated carbocycles. The number of nitrogens with one attached hydrogen (secondary N) is 2. The Morgan fingerprint density at radius 3 is 2.47 bits per heavy atom. The summed E-state index contributed by atoms with van der Waals surface area (Å²) in [6, 6.07) is 0. The maximum Gasteiger partial charge on any atom is 0.191 e. The number of guanidine groups is 1. The van der Waals surface area contributed by atoms with E-state index < -0.39 is 0 Å². The first kappa shape index (κ1) is 19.4. The molecule has 2 N–H and O–H groups in total. The molecule has 1 fully saturated rings. The Morgan fingerprint density at radius 2 is 1.89 bits per heavy atom. The van der Waals surface area contributed by atoms with E-state index in [1.165, 1.54) is 25.7 Å². The van der Waals surface area contributed by atoms with Gasteiger partial charge in [-0.2, -0.15) is 11.8 Å². The van der Waals surface area contributed by atoms with Gasteiger partial charge in [-0.1, -0.05) is 19.8 Å². The summed E-state index contributed by atoms with van der Waals surface area (Å²) >= 11 is 1.86. The summed E-state index contributed by atoms with van der Waals surface area (Å²) in [5, 5.41) is 6.71. The molecular weight excluding hydrogens is 369 g/mol. The largest absolute Gasteiger partial charge is 0.357 e. The third-order valence-corrected chi connectivity index (χ3v) is 4.20. The predicted molar refractivity (Wildman–Crippen MR) is 98.9 cm³/mol. The van der Waals surface area contributed by atoms with Crippen molar-refractivity contribution >= 4 is 41.7 Å². The highest BCUT2D eigenvalue weighted by atomic mass is 127. The monoisotopic (exact) mass is 399 g/mol. The molecule has 0 heterocycles. The average molecular weight is 399 g/mol. The van der Waals surface area contributed by atoms with Gasteiger partial charge in [-0.3, -0.25) is 4.99 Å². The van der Waals surface area contributed by atoms with E-state index in [1.807, 2.05) is 11.8 Å². The highest BCUT2D eigenvalue weighted by Gasteiger charge is 2.17. The summed E-state index contributed by atoms with van der Waals surface area (Å²) in [5.41, 5.74) is 0. The van der Waals surface area contributed by atoms with Crippen LogP contribution in [0.3, 0.4) is 0 Å². The van der Waals surface area contributed by atoms with Crippen molar-refractivity contribution in [3.05, 3.63) is 0 Å². The van der Waals surface area contributed by atoms with Crippen LogP contribution in [0.15, 0.2) is 4.99 Å². The molecule has 0 amide bonds. The smallest absolute Gasteiger partial charge is 0.191 e. The maximum absolute atomic E-state index is 4.72. The molecule has 19 heavy (non-hydrogen) atoms. The Bertz CT molecular complexity index is 241. The third-order valence-electron chi connectivity index (χ3n) is 3.59. The molecule has 0 aliphatic heterocycles. The number of nitrogens with zero attached hydrogens (tertiary/aromatic N) is 1. The third kappa shape index (κ3) is 9.00. The summed E-state index contributed by atoms with van der Waals surface area (Å²) in [6.45, 7) is 7.41. The SMILES string of the molecule is CCNC(=NCC1CCC(C)CC1)NCCSC.I. The number of aliphatic imine (C=N–C) groups is 1. The molecular formula is C14H30IN3S. The van der Waals surface area contributed by atoms with Gasteiger partial charge < -0.3 is 10.6 Å². The van der Waals surface area contributed by atoms with Gasteiger partial charge in [-0.25, -0.2) is 0 Å². The molecule has 0 bridgehead atoms. The Hall–Kier alpha value is 0.350. The Labute approximate surface area is 140 Å². The Balaban J connectivity index is 0.00000324. The zero-order valence-electron chi connectivity index (χ0n) is 12.6. The van der Waals surface area contributed by atoms with Gasteiger partial charge in [-0.05, 0) is 37.9 Å². The van der Waals surface area contributed by atoms with Crippen LogP contribution in [-0.2, 0) is 0 Å². The normalized spacial score (nSPS) is 23.6. The summed E-state index contributed by atoms with van der Waals surface area (Å²) < 4.78 is 0. The summed E-state index contributed by atoms with van der Waals surface area (Å²) in [5.74, 6) is 3.85. The number of thioether (sulfide) groups is 1. The summed E-state index contributed by atoms with van der Waals surface area (Å²) in [7, 11) is 0. The van der Waals surface area contributed by atoms with Crippen molar-refractivity contribution in [2.24, 2.45) is 16.8 Å². The van der Waals surface area contributed by atoms with Gasteiger partial charge in [0.15, 0.2) is 5.96 Å². The first-order valence-corrected chi connectivity index (χ1v) is 8.66. The fraction of sp³-hybridized carbons (Fsp3) is 0.929. The molecule has 5 heteroatoms. The number of hydrogen-bond donors (Lipinski definition) is 2. The van der Waals surface area contributed by atoms with Gasteiger partial charge in [0.1, 0.15) is 0 Å². The maximum atomic E-state index is 4.72. The first-order chi connectivity index (χ1) is 8.76. The van der Waals surface area contributed by atoms with Crippen molar-refractivity contribution in [1.29, 1.82) is 0 Å². The average Bonchev–Trinajstić information content (AvgIpc) is 2.38. The molecule has 0 aromatic heterocycles. The molecule has 1 aliphatic rings. The molecule has 0 aromatic rings. The van der Waals surface area contributed by atoms with E-state index in [-0.39, 0.29) is 24.0 Å². The van der Waals surface area contributed by atoms with Crippen molar-refractivity contribution < 1.29 is 0 Å². The second-order valence-electron chi connectivity index (χ2n) is 5.27. The number of rotatable bonds is 6. The lowest BCUT2D eigenvalue weighted by atomic mass is 9.83. The minimum Gasteiger partial charge on any atom is -0.357 e. The minimum atomic E-state index is 0. The van der Waals surface area contributed by atoms with Crippen LogP contribution in [0.2, 0.25) is 0 Å². The van der Waals surface area contributed by atoms with Gasteiger partial charge in [0.25, 0.3) is 0 Å². The Kier molecular flexibility index (Phi) is 12.3. The molecule has 0 aromatic carbocycles. The minimum absolute atomic E-state index is 0. The van der Waals surface area contributed by atoms with Gasteiger partial charge in [-0.15, -0.1) is 24.0 Å². The van der Waals surface area contributed by atoms with Gasteiger partial charge in [0.2, 0.25) is 0 Å². The van der Waals surface area contributed by atoms with Crippen LogP contribution in [0.25, 0.3) is 0 Å². The highest BCUT2D eigenvalue weighted by Crippen LogP contribution is 2.28. The molecule has 114 valence electrons. The topological polar surface area (TPSA) is 36.4 Å². The zero-order valence-corrected chi connectivity index (χ0v) is 15.7. The molecule has 1 aliphatic carbocycles. The predicted octanol–water partition coefficient (Wildman–Crippen LogP) is 3.35. The Morgan fingerprint density at radius 1 is 1.21 bits per heavy atom. The first-order valence-electron chi connectivity index (χ1n) is 7.27. The zero-order chi connectivity index (χ0) is 13.2. The fourth-order valence-corrected chi connectivity index (χ4v) is 2.65. The highest BCUT2D eigenvalue weighted by molar-refractivity contribution is 14.0. The van der Waals surface area contributed by atoms with E-state index in [4.69, 9.17) is 4.99 Å². The summed E-state index contributed by atoms with van der Waals surface area (Å²) in [4.78, 5) is 4.72. The standard InChI is InChI=1S/C14H29N3S.HI/c1-4-15-14(16-9-10-18-3)17-11-13-7-5-12(2)6-8-13;/h12-13H,4-11H2,1-3H3,(H2,15,16,17);1H. The fourth-order valence-electron chi connectivity index (χ4n) is 2.35. The molecule has 0 radical (unpaired) electrons. The van der Waals surface area contributed by atoms with Crippen LogP contribution >= 0.6 is 35.7 Å².